The van der Waals surface area contributed by atoms with Gasteiger partial charge in [-0.25, -0.2) is 4.79 Å². The molecule has 0 radical (unpaired) electrons. The highest BCUT2D eigenvalue weighted by Gasteiger charge is 2.25. The predicted octanol–water partition coefficient (Wildman–Crippen LogP) is 1.12. The molecule has 1 aliphatic carbocycles. The molecule has 6 nitrogen and oxygen atoms in total. The molecule has 1 saturated carbocycles. The number of nitrogens with one attached hydrogen (secondary N) is 1. The van der Waals surface area contributed by atoms with Gasteiger partial charge in [-0.15, -0.1) is 0 Å². The van der Waals surface area contributed by atoms with E-state index in [1.807, 2.05) is 28.8 Å². The zero-order valence-corrected chi connectivity index (χ0v) is 14.0. The van der Waals surface area contributed by atoms with E-state index < -0.39 is 0 Å². The largest absolute Gasteiger partial charge is 0.339 e. The molecule has 3 amide bonds. The highest BCUT2D eigenvalue weighted by Crippen LogP contribution is 2.17. The number of rotatable bonds is 4. The number of urea groups is 1. The van der Waals surface area contributed by atoms with Crippen molar-refractivity contribution in [1.82, 2.24) is 20.0 Å². The molecule has 126 valence electrons. The summed E-state index contributed by atoms with van der Waals surface area (Å²) in [6.07, 6.45) is 6.50. The molecular weight excluding hydrogens is 280 g/mol. The number of nitrogens with zero attached hydrogens (tertiary/aromatic N) is 3. The predicted molar refractivity (Wildman–Crippen MR) is 86.7 cm³/mol. The smallest absolute Gasteiger partial charge is 0.317 e. The van der Waals surface area contributed by atoms with Crippen LogP contribution in [0.3, 0.4) is 0 Å². The van der Waals surface area contributed by atoms with Crippen LogP contribution in [0.1, 0.15) is 38.5 Å². The van der Waals surface area contributed by atoms with Crippen LogP contribution in [-0.4, -0.2) is 79.5 Å². The Morgan fingerprint density at radius 2 is 1.59 bits per heavy atom. The molecule has 1 saturated heterocycles. The van der Waals surface area contributed by atoms with E-state index in [1.54, 1.807) is 0 Å². The minimum Gasteiger partial charge on any atom is -0.339 e. The summed E-state index contributed by atoms with van der Waals surface area (Å²) in [7, 11) is 3.95. The number of piperazine rings is 1. The van der Waals surface area contributed by atoms with Crippen molar-refractivity contribution >= 4 is 11.9 Å². The first-order valence-electron chi connectivity index (χ1n) is 8.54. The van der Waals surface area contributed by atoms with Crippen LogP contribution in [0, 0.1) is 0 Å². The first-order valence-corrected chi connectivity index (χ1v) is 8.54. The Morgan fingerprint density at radius 1 is 1.00 bits per heavy atom. The summed E-state index contributed by atoms with van der Waals surface area (Å²) in [5, 5.41) is 3.15. The van der Waals surface area contributed by atoms with Gasteiger partial charge in [-0.3, -0.25) is 4.79 Å². The monoisotopic (exact) mass is 310 g/mol. The second-order valence-electron chi connectivity index (χ2n) is 6.71. The number of hydrogen-bond acceptors (Lipinski definition) is 3. The first kappa shape index (κ1) is 17.1. The van der Waals surface area contributed by atoms with Crippen LogP contribution in [-0.2, 0) is 4.79 Å². The summed E-state index contributed by atoms with van der Waals surface area (Å²) in [5.74, 6) is 0.195. The van der Waals surface area contributed by atoms with E-state index in [4.69, 9.17) is 0 Å². The SMILES string of the molecule is CN(C)CCC(=O)N1CCN(C(=O)NC2CCCCC2)CC1. The Hall–Kier alpha value is -1.30. The van der Waals surface area contributed by atoms with Gasteiger partial charge < -0.3 is 20.0 Å². The van der Waals surface area contributed by atoms with Crippen molar-refractivity contribution in [3.8, 4) is 0 Å². The molecule has 6 heteroatoms. The quantitative estimate of drug-likeness (QED) is 0.847. The summed E-state index contributed by atoms with van der Waals surface area (Å²) in [6, 6.07) is 0.397. The van der Waals surface area contributed by atoms with Crippen molar-refractivity contribution in [1.29, 1.82) is 0 Å². The van der Waals surface area contributed by atoms with Gasteiger partial charge in [0, 0.05) is 45.2 Å². The van der Waals surface area contributed by atoms with Gasteiger partial charge >= 0.3 is 6.03 Å². The highest BCUT2D eigenvalue weighted by molar-refractivity contribution is 5.78. The third kappa shape index (κ3) is 5.16. The molecule has 0 spiro atoms. The van der Waals surface area contributed by atoms with Crippen molar-refractivity contribution in [2.45, 2.75) is 44.6 Å². The lowest BCUT2D eigenvalue weighted by Gasteiger charge is -2.36. The van der Waals surface area contributed by atoms with Crippen LogP contribution in [0.5, 0.6) is 0 Å². The van der Waals surface area contributed by atoms with Crippen LogP contribution in [0.4, 0.5) is 4.79 Å². The molecular formula is C16H30N4O2. The lowest BCUT2D eigenvalue weighted by Crippen LogP contribution is -2.54. The molecule has 0 aromatic rings. The van der Waals surface area contributed by atoms with Gasteiger partial charge in [-0.05, 0) is 26.9 Å². The van der Waals surface area contributed by atoms with Crippen molar-refractivity contribution in [2.75, 3.05) is 46.8 Å². The van der Waals surface area contributed by atoms with Gasteiger partial charge in [-0.1, -0.05) is 19.3 Å². The van der Waals surface area contributed by atoms with Crippen LogP contribution < -0.4 is 5.32 Å². The van der Waals surface area contributed by atoms with Crippen LogP contribution in [0.2, 0.25) is 0 Å². The molecule has 0 atom stereocenters. The molecule has 1 N–H and O–H groups in total. The fourth-order valence-corrected chi connectivity index (χ4v) is 3.15. The fourth-order valence-electron chi connectivity index (χ4n) is 3.15. The lowest BCUT2D eigenvalue weighted by molar-refractivity contribution is -0.132. The van der Waals surface area contributed by atoms with E-state index in [-0.39, 0.29) is 11.9 Å². The number of hydrogen-bond donors (Lipinski definition) is 1. The Kier molecular flexibility index (Phi) is 6.49. The molecule has 1 aliphatic heterocycles. The first-order chi connectivity index (χ1) is 10.6. The summed E-state index contributed by atoms with van der Waals surface area (Å²) < 4.78 is 0. The maximum Gasteiger partial charge on any atom is 0.317 e. The second-order valence-corrected chi connectivity index (χ2v) is 6.71. The minimum atomic E-state index is 0.0484. The topological polar surface area (TPSA) is 55.9 Å². The Bertz CT molecular complexity index is 372. The van der Waals surface area contributed by atoms with Gasteiger partial charge in [0.05, 0.1) is 0 Å². The number of amides is 3. The molecule has 0 aromatic carbocycles. The van der Waals surface area contributed by atoms with Crippen LogP contribution >= 0.6 is 0 Å². The Balaban J connectivity index is 1.69. The Morgan fingerprint density at radius 3 is 2.18 bits per heavy atom. The van der Waals surface area contributed by atoms with Crippen LogP contribution in [0.15, 0.2) is 0 Å². The molecule has 0 unspecified atom stereocenters. The molecule has 2 rings (SSSR count). The van der Waals surface area contributed by atoms with E-state index >= 15 is 0 Å². The normalized spacial score (nSPS) is 20.3. The molecule has 0 aromatic heterocycles. The number of carbonyl (C=O) groups is 2. The average Bonchev–Trinajstić information content (AvgIpc) is 2.53. The molecule has 2 fully saturated rings. The molecule has 0 bridgehead atoms. The van der Waals surface area contributed by atoms with Crippen molar-refractivity contribution < 1.29 is 9.59 Å². The third-order valence-electron chi connectivity index (χ3n) is 4.63. The van der Waals surface area contributed by atoms with Gasteiger partial charge in [0.25, 0.3) is 0 Å². The van der Waals surface area contributed by atoms with E-state index in [0.29, 0.717) is 38.6 Å². The average molecular weight is 310 g/mol. The molecule has 1 heterocycles. The van der Waals surface area contributed by atoms with Crippen molar-refractivity contribution in [3.63, 3.8) is 0 Å². The van der Waals surface area contributed by atoms with Gasteiger partial charge in [-0.2, -0.15) is 0 Å². The zero-order valence-electron chi connectivity index (χ0n) is 14.0. The van der Waals surface area contributed by atoms with E-state index in [2.05, 4.69) is 5.32 Å². The highest BCUT2D eigenvalue weighted by atomic mass is 16.2. The van der Waals surface area contributed by atoms with Crippen LogP contribution in [0.25, 0.3) is 0 Å². The summed E-state index contributed by atoms with van der Waals surface area (Å²) >= 11 is 0. The zero-order chi connectivity index (χ0) is 15.9. The lowest BCUT2D eigenvalue weighted by atomic mass is 9.96. The molecule has 22 heavy (non-hydrogen) atoms. The summed E-state index contributed by atoms with van der Waals surface area (Å²) in [4.78, 5) is 30.1. The summed E-state index contributed by atoms with van der Waals surface area (Å²) in [6.45, 7) is 3.38. The second kappa shape index (κ2) is 8.36. The minimum absolute atomic E-state index is 0.0484. The molecule has 2 aliphatic rings. The van der Waals surface area contributed by atoms with Gasteiger partial charge in [0.2, 0.25) is 5.91 Å². The standard InChI is InChI=1S/C16H30N4O2/c1-18(2)9-8-15(21)19-10-12-20(13-11-19)16(22)17-14-6-4-3-5-7-14/h14H,3-13H2,1-2H3,(H,17,22). The van der Waals surface area contributed by atoms with E-state index in [0.717, 1.165) is 19.4 Å². The maximum absolute atomic E-state index is 12.3. The van der Waals surface area contributed by atoms with E-state index in [1.165, 1.54) is 19.3 Å². The maximum atomic E-state index is 12.3. The van der Waals surface area contributed by atoms with E-state index in [9.17, 15) is 9.59 Å². The number of carbonyl (C=O) groups excluding carboxylic acids is 2. The van der Waals surface area contributed by atoms with Crippen molar-refractivity contribution in [3.05, 3.63) is 0 Å². The Labute approximate surface area is 133 Å². The summed E-state index contributed by atoms with van der Waals surface area (Å²) in [5.41, 5.74) is 0. The van der Waals surface area contributed by atoms with Crippen molar-refractivity contribution in [2.24, 2.45) is 0 Å². The fraction of sp³-hybridized carbons (Fsp3) is 0.875. The van der Waals surface area contributed by atoms with Gasteiger partial charge in [0.15, 0.2) is 0 Å². The third-order valence-corrected chi connectivity index (χ3v) is 4.63. The van der Waals surface area contributed by atoms with Gasteiger partial charge in [0.1, 0.15) is 0 Å².